The van der Waals surface area contributed by atoms with Gasteiger partial charge >= 0.3 is 0 Å². The molecule has 0 radical (unpaired) electrons. The Morgan fingerprint density at radius 1 is 0.923 bits per heavy atom. The van der Waals surface area contributed by atoms with E-state index in [0.717, 1.165) is 34.9 Å². The van der Waals surface area contributed by atoms with Crippen LogP contribution < -0.4 is 14.8 Å². The molecule has 3 heterocycles. The quantitative estimate of drug-likeness (QED) is 0.490. The molecule has 0 N–H and O–H groups in total. The van der Waals surface area contributed by atoms with Crippen molar-refractivity contribution in [2.24, 2.45) is 23.7 Å². The SMILES string of the molecule is c1cc2nc3ccc(=[N+]4CC5CC5C4)cc-3sc2cc1N1CC2CC2C1. The summed E-state index contributed by atoms with van der Waals surface area (Å²) in [6.45, 7) is 5.01. The molecule has 4 heteroatoms. The van der Waals surface area contributed by atoms with Gasteiger partial charge in [0.15, 0.2) is 0 Å². The smallest absolute Gasteiger partial charge is 0.201 e. The van der Waals surface area contributed by atoms with Crippen LogP contribution in [-0.2, 0) is 0 Å². The molecule has 1 aromatic carbocycles. The van der Waals surface area contributed by atoms with Gasteiger partial charge in [-0.05, 0) is 48.9 Å². The van der Waals surface area contributed by atoms with Gasteiger partial charge in [0.05, 0.1) is 20.8 Å². The molecule has 3 aliphatic carbocycles. The third-order valence-corrected chi connectivity index (χ3v) is 8.13. The predicted molar refractivity (Wildman–Crippen MR) is 107 cm³/mol. The average molecular weight is 361 g/mol. The molecule has 0 amide bonds. The first-order valence-electron chi connectivity index (χ1n) is 9.98. The van der Waals surface area contributed by atoms with Gasteiger partial charge in [-0.25, -0.2) is 9.56 Å². The maximum atomic E-state index is 4.93. The first-order valence-corrected chi connectivity index (χ1v) is 10.8. The van der Waals surface area contributed by atoms with Gasteiger partial charge in [0.2, 0.25) is 5.36 Å². The van der Waals surface area contributed by atoms with E-state index in [2.05, 4.69) is 45.9 Å². The van der Waals surface area contributed by atoms with E-state index in [1.54, 1.807) is 0 Å². The number of benzene rings is 2. The Kier molecular flexibility index (Phi) is 2.65. The minimum Gasteiger partial charge on any atom is -0.371 e. The molecule has 3 aliphatic heterocycles. The molecule has 4 unspecified atom stereocenters. The van der Waals surface area contributed by atoms with Crippen molar-refractivity contribution in [1.82, 2.24) is 9.56 Å². The van der Waals surface area contributed by atoms with Crippen molar-refractivity contribution < 1.29 is 0 Å². The molecular formula is C22H22N3S+. The summed E-state index contributed by atoms with van der Waals surface area (Å²) in [6.07, 6.45) is 2.92. The standard InChI is InChI=1S/C22H22N3S/c1-3-19-21(7-17(1)24-9-13-5-14(13)10-24)26-22-8-18(2-4-20(22)23-19)25-11-15-6-16(15)12-25/h1-4,7-8,13-16H,5-6,9-12H2/q+1. The van der Waals surface area contributed by atoms with E-state index in [4.69, 9.17) is 4.98 Å². The van der Waals surface area contributed by atoms with Gasteiger partial charge in [-0.15, -0.1) is 11.3 Å². The third-order valence-electron chi connectivity index (χ3n) is 7.04. The monoisotopic (exact) mass is 360 g/mol. The lowest BCUT2D eigenvalue weighted by Crippen LogP contribution is -2.29. The summed E-state index contributed by atoms with van der Waals surface area (Å²) in [4.78, 5) is 8.82. The Balaban J connectivity index is 1.34. The van der Waals surface area contributed by atoms with Gasteiger partial charge in [0, 0.05) is 42.7 Å². The third kappa shape index (κ3) is 2.11. The van der Waals surface area contributed by atoms with Crippen LogP contribution in [0.3, 0.4) is 0 Å². The summed E-state index contributed by atoms with van der Waals surface area (Å²) >= 11 is 1.91. The molecule has 130 valence electrons. The van der Waals surface area contributed by atoms with Crippen LogP contribution in [0.1, 0.15) is 12.8 Å². The molecular weight excluding hydrogens is 338 g/mol. The van der Waals surface area contributed by atoms with E-state index in [-0.39, 0.29) is 0 Å². The number of hydrogen-bond acceptors (Lipinski definition) is 3. The summed E-state index contributed by atoms with van der Waals surface area (Å²) < 4.78 is 3.89. The minimum atomic E-state index is 0.971. The molecule has 7 rings (SSSR count). The first kappa shape index (κ1) is 14.2. The van der Waals surface area contributed by atoms with Crippen molar-refractivity contribution in [2.75, 3.05) is 31.1 Å². The van der Waals surface area contributed by atoms with E-state index in [1.807, 2.05) is 11.3 Å². The number of hydrogen-bond donors (Lipinski definition) is 0. The van der Waals surface area contributed by atoms with Gasteiger partial charge in [-0.2, -0.15) is 0 Å². The second-order valence-electron chi connectivity index (χ2n) is 8.84. The first-order chi connectivity index (χ1) is 12.8. The summed E-state index contributed by atoms with van der Waals surface area (Å²) in [5.41, 5.74) is 3.65. The molecule has 1 aromatic rings. The molecule has 2 saturated heterocycles. The van der Waals surface area contributed by atoms with E-state index >= 15 is 0 Å². The minimum absolute atomic E-state index is 0.971. The highest BCUT2D eigenvalue weighted by Crippen LogP contribution is 2.46. The molecule has 2 saturated carbocycles. The molecule has 3 nitrogen and oxygen atoms in total. The van der Waals surface area contributed by atoms with Crippen LogP contribution in [0.5, 0.6) is 0 Å². The maximum Gasteiger partial charge on any atom is 0.201 e. The highest BCUT2D eigenvalue weighted by Gasteiger charge is 2.49. The highest BCUT2D eigenvalue weighted by molar-refractivity contribution is 7.21. The van der Waals surface area contributed by atoms with E-state index in [1.165, 1.54) is 59.6 Å². The number of anilines is 1. The zero-order valence-electron chi connectivity index (χ0n) is 14.8. The van der Waals surface area contributed by atoms with Crippen LogP contribution in [0.2, 0.25) is 0 Å². The fourth-order valence-corrected chi connectivity index (χ4v) is 6.25. The Hall–Kier alpha value is -1.94. The van der Waals surface area contributed by atoms with Crippen LogP contribution in [0.25, 0.3) is 20.8 Å². The lowest BCUT2D eigenvalue weighted by molar-refractivity contribution is 0.612. The van der Waals surface area contributed by atoms with Crippen LogP contribution >= 0.6 is 11.3 Å². The molecule has 26 heavy (non-hydrogen) atoms. The van der Waals surface area contributed by atoms with Crippen molar-refractivity contribution in [1.29, 1.82) is 0 Å². The summed E-state index contributed by atoms with van der Waals surface area (Å²) in [6, 6.07) is 13.7. The van der Waals surface area contributed by atoms with Gasteiger partial charge in [-0.3, -0.25) is 0 Å². The number of aromatic nitrogens is 1. The average Bonchev–Trinajstić information content (AvgIpc) is 3.51. The predicted octanol–water partition coefficient (Wildman–Crippen LogP) is 3.28. The van der Waals surface area contributed by atoms with Crippen molar-refractivity contribution in [3.63, 3.8) is 0 Å². The van der Waals surface area contributed by atoms with Crippen LogP contribution in [-0.4, -0.2) is 31.2 Å². The summed E-state index contributed by atoms with van der Waals surface area (Å²) in [5.74, 6) is 3.88. The summed E-state index contributed by atoms with van der Waals surface area (Å²) in [5, 5.41) is 1.39. The normalized spacial score (nSPS) is 31.5. The number of fused-ring (bicyclic) bond motifs is 4. The van der Waals surface area contributed by atoms with E-state index in [0.29, 0.717) is 0 Å². The number of piperidine rings is 2. The van der Waals surface area contributed by atoms with Crippen molar-refractivity contribution in [2.45, 2.75) is 12.8 Å². The van der Waals surface area contributed by atoms with Crippen LogP contribution in [0.4, 0.5) is 5.69 Å². The molecule has 4 fully saturated rings. The van der Waals surface area contributed by atoms with E-state index < -0.39 is 0 Å². The maximum absolute atomic E-state index is 4.93. The Bertz CT molecular complexity index is 1080. The second kappa shape index (κ2) is 4.86. The summed E-state index contributed by atoms with van der Waals surface area (Å²) in [7, 11) is 0. The number of nitrogens with zero attached hydrogens (tertiary/aromatic N) is 3. The molecule has 0 aromatic heterocycles. The van der Waals surface area contributed by atoms with Crippen molar-refractivity contribution >= 4 is 27.2 Å². The van der Waals surface area contributed by atoms with Gasteiger partial charge in [0.25, 0.3) is 0 Å². The zero-order valence-corrected chi connectivity index (χ0v) is 15.6. The number of rotatable bonds is 1. The Labute approximate surface area is 157 Å². The van der Waals surface area contributed by atoms with Crippen LogP contribution in [0.15, 0.2) is 36.4 Å². The van der Waals surface area contributed by atoms with E-state index in [9.17, 15) is 0 Å². The van der Waals surface area contributed by atoms with Crippen molar-refractivity contribution in [3.8, 4) is 10.6 Å². The lowest BCUT2D eigenvalue weighted by atomic mass is 10.2. The van der Waals surface area contributed by atoms with Gasteiger partial charge in [0.1, 0.15) is 13.1 Å². The molecule has 0 bridgehead atoms. The Morgan fingerprint density at radius 2 is 1.73 bits per heavy atom. The van der Waals surface area contributed by atoms with Gasteiger partial charge in [-0.1, -0.05) is 0 Å². The lowest BCUT2D eigenvalue weighted by Gasteiger charge is -2.20. The highest BCUT2D eigenvalue weighted by atomic mass is 32.1. The van der Waals surface area contributed by atoms with Crippen LogP contribution in [0, 0.1) is 23.7 Å². The van der Waals surface area contributed by atoms with Crippen molar-refractivity contribution in [3.05, 3.63) is 41.8 Å². The molecule has 6 aliphatic rings. The Morgan fingerprint density at radius 3 is 2.58 bits per heavy atom. The fraction of sp³-hybridized carbons (Fsp3) is 0.455. The topological polar surface area (TPSA) is 19.1 Å². The molecule has 0 spiro atoms. The zero-order chi connectivity index (χ0) is 16.8. The largest absolute Gasteiger partial charge is 0.371 e. The second-order valence-corrected chi connectivity index (χ2v) is 9.92. The van der Waals surface area contributed by atoms with Gasteiger partial charge < -0.3 is 4.90 Å². The fourth-order valence-electron chi connectivity index (χ4n) is 5.21. The molecule has 4 atom stereocenters.